The number of hydrogen-bond donors (Lipinski definition) is 1. The van der Waals surface area contributed by atoms with Crippen molar-refractivity contribution in [3.8, 4) is 5.75 Å². The molecule has 2 aromatic carbocycles. The number of carbonyl (C=O) groups excluding carboxylic acids is 1. The van der Waals surface area contributed by atoms with Crippen LogP contribution in [-0.4, -0.2) is 27.7 Å². The van der Waals surface area contributed by atoms with E-state index in [4.69, 9.17) is 4.74 Å². The summed E-state index contributed by atoms with van der Waals surface area (Å²) in [7, 11) is -1.69. The lowest BCUT2D eigenvalue weighted by Crippen LogP contribution is -2.42. The number of fused-ring (bicyclic) bond motifs is 2. The summed E-state index contributed by atoms with van der Waals surface area (Å²) in [5.41, 5.74) is 2.06. The van der Waals surface area contributed by atoms with Crippen molar-refractivity contribution in [2.24, 2.45) is 17.3 Å². The molecule has 4 rings (SSSR count). The van der Waals surface area contributed by atoms with Gasteiger partial charge in [-0.1, -0.05) is 24.6 Å². The molecule has 2 aliphatic carbocycles. The monoisotopic (exact) mass is 427 g/mol. The number of hydrogen-bond acceptors (Lipinski definition) is 4. The molecule has 2 aromatic rings. The van der Waals surface area contributed by atoms with Crippen molar-refractivity contribution in [1.82, 2.24) is 0 Å². The van der Waals surface area contributed by atoms with E-state index in [2.05, 4.69) is 11.4 Å². The second kappa shape index (κ2) is 7.73. The lowest BCUT2D eigenvalue weighted by atomic mass is 9.68. The molecule has 0 radical (unpaired) electrons. The van der Waals surface area contributed by atoms with E-state index >= 15 is 0 Å². The highest BCUT2D eigenvalue weighted by Crippen LogP contribution is 2.58. The van der Waals surface area contributed by atoms with Crippen LogP contribution in [0.1, 0.15) is 36.8 Å². The summed E-state index contributed by atoms with van der Waals surface area (Å²) in [5.74, 6) is 1.75. The Kier molecular flexibility index (Phi) is 5.39. The Morgan fingerprint density at radius 1 is 1.20 bits per heavy atom. The van der Waals surface area contributed by atoms with Gasteiger partial charge in [0.05, 0.1) is 17.4 Å². The van der Waals surface area contributed by atoms with Crippen molar-refractivity contribution in [2.75, 3.05) is 18.7 Å². The number of benzene rings is 2. The highest BCUT2D eigenvalue weighted by molar-refractivity contribution is 7.90. The maximum Gasteiger partial charge on any atom is 0.231 e. The maximum absolute atomic E-state index is 13.7. The summed E-state index contributed by atoms with van der Waals surface area (Å²) in [6.45, 7) is 1.89. The first kappa shape index (κ1) is 20.9. The lowest BCUT2D eigenvalue weighted by Gasteiger charge is -2.37. The van der Waals surface area contributed by atoms with Gasteiger partial charge < -0.3 is 10.1 Å². The molecule has 2 aliphatic rings. The lowest BCUT2D eigenvalue weighted by molar-refractivity contribution is -0.128. The van der Waals surface area contributed by atoms with E-state index < -0.39 is 15.3 Å². The minimum atomic E-state index is -3.34. The van der Waals surface area contributed by atoms with Gasteiger partial charge in [-0.25, -0.2) is 8.42 Å². The second-order valence-corrected chi connectivity index (χ2v) is 11.0. The zero-order valence-electron chi connectivity index (χ0n) is 17.8. The molecule has 30 heavy (non-hydrogen) atoms. The Morgan fingerprint density at radius 3 is 2.63 bits per heavy atom. The third-order valence-corrected chi connectivity index (χ3v) is 8.08. The first-order valence-electron chi connectivity index (χ1n) is 10.5. The number of amides is 1. The molecular weight excluding hydrogens is 398 g/mol. The van der Waals surface area contributed by atoms with Crippen molar-refractivity contribution in [2.45, 2.75) is 43.9 Å². The molecule has 3 atom stereocenters. The minimum Gasteiger partial charge on any atom is -0.497 e. The maximum atomic E-state index is 13.7. The molecule has 3 unspecified atom stereocenters. The molecule has 0 saturated heterocycles. The number of carbonyl (C=O) groups is 1. The SMILES string of the molecule is COc1cccc(CC2(C(=O)Nc3cc(S(C)(=O)=O)ccc3C)CC3CCC2C3)c1. The van der Waals surface area contributed by atoms with Gasteiger partial charge >= 0.3 is 0 Å². The largest absolute Gasteiger partial charge is 0.497 e. The average Bonchev–Trinajstić information content (AvgIpc) is 3.30. The summed E-state index contributed by atoms with van der Waals surface area (Å²) < 4.78 is 29.3. The zero-order valence-corrected chi connectivity index (χ0v) is 18.6. The Morgan fingerprint density at radius 2 is 2.00 bits per heavy atom. The van der Waals surface area contributed by atoms with Crippen molar-refractivity contribution < 1.29 is 17.9 Å². The number of rotatable bonds is 6. The highest BCUT2D eigenvalue weighted by Gasteiger charge is 2.55. The third-order valence-electron chi connectivity index (χ3n) is 6.97. The Labute approximate surface area is 178 Å². The zero-order chi connectivity index (χ0) is 21.5. The molecule has 160 valence electrons. The average molecular weight is 428 g/mol. The summed E-state index contributed by atoms with van der Waals surface area (Å²) in [6.07, 6.45) is 6.10. The van der Waals surface area contributed by atoms with Crippen molar-refractivity contribution in [3.63, 3.8) is 0 Å². The van der Waals surface area contributed by atoms with Gasteiger partial charge in [0.2, 0.25) is 5.91 Å². The number of anilines is 1. The van der Waals surface area contributed by atoms with E-state index in [-0.39, 0.29) is 10.8 Å². The van der Waals surface area contributed by atoms with Crippen LogP contribution in [0.3, 0.4) is 0 Å². The standard InChI is InChI=1S/C24H29NO4S/c1-16-7-10-21(30(3,27)28)13-22(16)25-23(26)24(15-18-8-9-19(24)11-18)14-17-5-4-6-20(12-17)29-2/h4-7,10,12-13,18-19H,8-9,11,14-15H2,1-3H3,(H,25,26). The number of methoxy groups -OCH3 is 1. The van der Waals surface area contributed by atoms with Gasteiger partial charge in [-0.05, 0) is 79.8 Å². The Balaban J connectivity index is 1.66. The predicted molar refractivity (Wildman–Crippen MR) is 117 cm³/mol. The van der Waals surface area contributed by atoms with Crippen LogP contribution in [0.25, 0.3) is 0 Å². The van der Waals surface area contributed by atoms with Gasteiger partial charge in [0.15, 0.2) is 9.84 Å². The van der Waals surface area contributed by atoms with Gasteiger partial charge in [-0.2, -0.15) is 0 Å². The van der Waals surface area contributed by atoms with Crippen molar-refractivity contribution in [3.05, 3.63) is 53.6 Å². The molecule has 2 fully saturated rings. The van der Waals surface area contributed by atoms with E-state index in [1.165, 1.54) is 12.7 Å². The molecule has 5 nitrogen and oxygen atoms in total. The van der Waals surface area contributed by atoms with Gasteiger partial charge in [0, 0.05) is 11.9 Å². The molecule has 0 aromatic heterocycles. The van der Waals surface area contributed by atoms with E-state index in [1.807, 2.05) is 25.1 Å². The molecule has 2 saturated carbocycles. The molecule has 1 amide bonds. The summed E-state index contributed by atoms with van der Waals surface area (Å²) >= 11 is 0. The summed E-state index contributed by atoms with van der Waals surface area (Å²) in [5, 5.41) is 3.10. The smallest absolute Gasteiger partial charge is 0.231 e. The normalized spacial score (nSPS) is 25.3. The fourth-order valence-corrected chi connectivity index (χ4v) is 6.03. The number of ether oxygens (including phenoxy) is 1. The van der Waals surface area contributed by atoms with Crippen LogP contribution in [0.15, 0.2) is 47.4 Å². The van der Waals surface area contributed by atoms with Crippen LogP contribution in [0.4, 0.5) is 5.69 Å². The Bertz CT molecular complexity index is 1080. The van der Waals surface area contributed by atoms with Crippen molar-refractivity contribution >= 4 is 21.4 Å². The van der Waals surface area contributed by atoms with Crippen LogP contribution < -0.4 is 10.1 Å². The highest BCUT2D eigenvalue weighted by atomic mass is 32.2. The van der Waals surface area contributed by atoms with E-state index in [0.29, 0.717) is 23.9 Å². The molecule has 0 heterocycles. The molecule has 0 aliphatic heterocycles. The molecule has 2 bridgehead atoms. The van der Waals surface area contributed by atoms with Gasteiger partial charge in [-0.3, -0.25) is 4.79 Å². The van der Waals surface area contributed by atoms with Crippen molar-refractivity contribution in [1.29, 1.82) is 0 Å². The fourth-order valence-electron chi connectivity index (χ4n) is 5.38. The Hall–Kier alpha value is -2.34. The fraction of sp³-hybridized carbons (Fsp3) is 0.458. The number of aryl methyl sites for hydroxylation is 1. The number of nitrogens with one attached hydrogen (secondary N) is 1. The van der Waals surface area contributed by atoms with E-state index in [9.17, 15) is 13.2 Å². The number of sulfone groups is 1. The van der Waals surface area contributed by atoms with E-state index in [0.717, 1.165) is 36.1 Å². The predicted octanol–water partition coefficient (Wildman–Crippen LogP) is 4.39. The van der Waals surface area contributed by atoms with Crippen LogP contribution in [0.2, 0.25) is 0 Å². The third kappa shape index (κ3) is 3.85. The molecule has 6 heteroatoms. The van der Waals surface area contributed by atoms with E-state index in [1.54, 1.807) is 25.3 Å². The molecule has 0 spiro atoms. The van der Waals surface area contributed by atoms with Gasteiger partial charge in [0.25, 0.3) is 0 Å². The van der Waals surface area contributed by atoms with Crippen LogP contribution in [-0.2, 0) is 21.1 Å². The first-order valence-corrected chi connectivity index (χ1v) is 12.4. The molecule has 1 N–H and O–H groups in total. The van der Waals surface area contributed by atoms with Crippen LogP contribution >= 0.6 is 0 Å². The second-order valence-electron chi connectivity index (χ2n) is 8.97. The molecular formula is C24H29NO4S. The summed E-state index contributed by atoms with van der Waals surface area (Å²) in [6, 6.07) is 12.9. The van der Waals surface area contributed by atoms with Gasteiger partial charge in [-0.15, -0.1) is 0 Å². The van der Waals surface area contributed by atoms with Crippen LogP contribution in [0, 0.1) is 24.2 Å². The van der Waals surface area contributed by atoms with Gasteiger partial charge in [0.1, 0.15) is 5.75 Å². The van der Waals surface area contributed by atoms with Crippen LogP contribution in [0.5, 0.6) is 5.75 Å². The topological polar surface area (TPSA) is 72.5 Å². The minimum absolute atomic E-state index is 0.00581. The quantitative estimate of drug-likeness (QED) is 0.742. The summed E-state index contributed by atoms with van der Waals surface area (Å²) in [4.78, 5) is 13.9. The first-order chi connectivity index (χ1) is 14.2.